The number of aromatic nitrogens is 2. The zero-order valence-electron chi connectivity index (χ0n) is 10.00. The molecule has 0 saturated carbocycles. The molecular weight excluding hydrogens is 216 g/mol. The summed E-state index contributed by atoms with van der Waals surface area (Å²) in [5, 5.41) is 7.86. The van der Waals surface area contributed by atoms with E-state index in [0.29, 0.717) is 11.9 Å². The van der Waals surface area contributed by atoms with Crippen LogP contribution >= 0.6 is 0 Å². The Morgan fingerprint density at radius 1 is 1.29 bits per heavy atom. The number of hydrogen-bond acceptors (Lipinski definition) is 5. The predicted molar refractivity (Wildman–Crippen MR) is 65.4 cm³/mol. The van der Waals surface area contributed by atoms with Gasteiger partial charge in [0.05, 0.1) is 6.04 Å². The van der Waals surface area contributed by atoms with Crippen LogP contribution in [0, 0.1) is 0 Å². The maximum Gasteiger partial charge on any atom is 0.318 e. The Bertz CT molecular complexity index is 466. The van der Waals surface area contributed by atoms with Crippen molar-refractivity contribution in [1.29, 1.82) is 0 Å². The molecule has 2 aromatic rings. The summed E-state index contributed by atoms with van der Waals surface area (Å²) in [6, 6.07) is 10.4. The van der Waals surface area contributed by atoms with Gasteiger partial charge in [0.15, 0.2) is 0 Å². The minimum Gasteiger partial charge on any atom is -0.406 e. The number of rotatable bonds is 4. The zero-order valence-corrected chi connectivity index (χ0v) is 10.00. The van der Waals surface area contributed by atoms with E-state index in [1.807, 2.05) is 37.1 Å². The van der Waals surface area contributed by atoms with Crippen molar-refractivity contribution in [2.45, 2.75) is 19.5 Å². The average molecular weight is 232 g/mol. The number of anilines is 1. The molecule has 0 amide bonds. The molecule has 1 heterocycles. The first-order chi connectivity index (χ1) is 8.16. The van der Waals surface area contributed by atoms with Gasteiger partial charge in [-0.2, -0.15) is 0 Å². The highest BCUT2D eigenvalue weighted by Gasteiger charge is 2.13. The molecule has 1 aromatic heterocycles. The Morgan fingerprint density at radius 3 is 2.59 bits per heavy atom. The van der Waals surface area contributed by atoms with Gasteiger partial charge in [0.2, 0.25) is 5.89 Å². The molecule has 1 aromatic carbocycles. The molecule has 0 fully saturated rings. The van der Waals surface area contributed by atoms with Gasteiger partial charge in [-0.1, -0.05) is 35.4 Å². The van der Waals surface area contributed by atoms with E-state index in [0.717, 1.165) is 6.54 Å². The van der Waals surface area contributed by atoms with E-state index in [4.69, 9.17) is 10.2 Å². The second kappa shape index (κ2) is 4.97. The van der Waals surface area contributed by atoms with Gasteiger partial charge in [0, 0.05) is 13.6 Å². The summed E-state index contributed by atoms with van der Waals surface area (Å²) in [4.78, 5) is 1.90. The standard InChI is InChI=1S/C12H16N4O/c1-9(13)11-14-15-12(17-11)16(2)8-10-6-4-3-5-7-10/h3-7,9H,8,13H2,1-2H3. The highest BCUT2D eigenvalue weighted by Crippen LogP contribution is 2.16. The maximum absolute atomic E-state index is 5.66. The fraction of sp³-hybridized carbons (Fsp3) is 0.333. The molecule has 1 unspecified atom stereocenters. The molecule has 5 nitrogen and oxygen atoms in total. The molecule has 0 saturated heterocycles. The summed E-state index contributed by atoms with van der Waals surface area (Å²) in [6.45, 7) is 2.54. The van der Waals surface area contributed by atoms with Crippen molar-refractivity contribution < 1.29 is 4.42 Å². The number of nitrogens with two attached hydrogens (primary N) is 1. The summed E-state index contributed by atoms with van der Waals surface area (Å²) >= 11 is 0. The van der Waals surface area contributed by atoms with Crippen molar-refractivity contribution in [2.24, 2.45) is 5.73 Å². The van der Waals surface area contributed by atoms with E-state index in [-0.39, 0.29) is 6.04 Å². The first-order valence-electron chi connectivity index (χ1n) is 5.51. The van der Waals surface area contributed by atoms with Gasteiger partial charge in [-0.05, 0) is 12.5 Å². The smallest absolute Gasteiger partial charge is 0.318 e. The Labute approximate surface area is 100 Å². The van der Waals surface area contributed by atoms with Crippen LogP contribution in [0.1, 0.15) is 24.4 Å². The summed E-state index contributed by atoms with van der Waals surface area (Å²) < 4.78 is 5.46. The van der Waals surface area contributed by atoms with Crippen molar-refractivity contribution in [3.05, 3.63) is 41.8 Å². The highest BCUT2D eigenvalue weighted by atomic mass is 16.4. The Kier molecular flexibility index (Phi) is 3.39. The van der Waals surface area contributed by atoms with Crippen LogP contribution < -0.4 is 10.6 Å². The third kappa shape index (κ3) is 2.82. The molecule has 2 N–H and O–H groups in total. The minimum absolute atomic E-state index is 0.235. The normalized spacial score (nSPS) is 12.4. The van der Waals surface area contributed by atoms with Crippen LogP contribution in [-0.2, 0) is 6.54 Å². The zero-order chi connectivity index (χ0) is 12.3. The maximum atomic E-state index is 5.66. The Hall–Kier alpha value is -1.88. The van der Waals surface area contributed by atoms with Gasteiger partial charge < -0.3 is 15.1 Å². The molecule has 17 heavy (non-hydrogen) atoms. The van der Waals surface area contributed by atoms with Gasteiger partial charge >= 0.3 is 6.01 Å². The summed E-state index contributed by atoms with van der Waals surface area (Å²) in [5.74, 6) is 0.458. The van der Waals surface area contributed by atoms with E-state index in [9.17, 15) is 0 Å². The molecule has 0 spiro atoms. The Morgan fingerprint density at radius 2 is 2.00 bits per heavy atom. The molecule has 2 rings (SSSR count). The minimum atomic E-state index is -0.235. The SMILES string of the molecule is CC(N)c1nnc(N(C)Cc2ccccc2)o1. The van der Waals surface area contributed by atoms with Gasteiger partial charge in [0.1, 0.15) is 0 Å². The van der Waals surface area contributed by atoms with Gasteiger partial charge in [-0.15, -0.1) is 5.10 Å². The second-order valence-electron chi connectivity index (χ2n) is 4.05. The van der Waals surface area contributed by atoms with E-state index in [1.165, 1.54) is 5.56 Å². The molecule has 0 aliphatic carbocycles. The number of benzene rings is 1. The fourth-order valence-electron chi connectivity index (χ4n) is 1.49. The lowest BCUT2D eigenvalue weighted by molar-refractivity contribution is 0.460. The number of nitrogens with zero attached hydrogens (tertiary/aromatic N) is 3. The third-order valence-corrected chi connectivity index (χ3v) is 2.41. The van der Waals surface area contributed by atoms with E-state index in [2.05, 4.69) is 22.3 Å². The molecule has 0 aliphatic rings. The summed E-state index contributed by atoms with van der Waals surface area (Å²) in [6.07, 6.45) is 0. The van der Waals surface area contributed by atoms with Crippen LogP contribution in [-0.4, -0.2) is 17.2 Å². The summed E-state index contributed by atoms with van der Waals surface area (Å²) in [7, 11) is 1.91. The fourth-order valence-corrected chi connectivity index (χ4v) is 1.49. The predicted octanol–water partition coefficient (Wildman–Crippen LogP) is 1.73. The van der Waals surface area contributed by atoms with Crippen molar-refractivity contribution in [3.63, 3.8) is 0 Å². The van der Waals surface area contributed by atoms with Crippen LogP contribution in [0.15, 0.2) is 34.7 Å². The lowest BCUT2D eigenvalue weighted by atomic mass is 10.2. The molecule has 0 radical (unpaired) electrons. The van der Waals surface area contributed by atoms with Crippen molar-refractivity contribution >= 4 is 6.01 Å². The molecule has 90 valence electrons. The summed E-state index contributed by atoms with van der Waals surface area (Å²) in [5.41, 5.74) is 6.86. The van der Waals surface area contributed by atoms with Crippen molar-refractivity contribution in [2.75, 3.05) is 11.9 Å². The lowest BCUT2D eigenvalue weighted by Gasteiger charge is -2.13. The van der Waals surface area contributed by atoms with Gasteiger partial charge in [-0.3, -0.25) is 0 Å². The second-order valence-corrected chi connectivity index (χ2v) is 4.05. The quantitative estimate of drug-likeness (QED) is 0.869. The van der Waals surface area contributed by atoms with Gasteiger partial charge in [-0.25, -0.2) is 0 Å². The molecule has 0 bridgehead atoms. The molecular formula is C12H16N4O. The molecule has 1 atom stereocenters. The monoisotopic (exact) mass is 232 g/mol. The van der Waals surface area contributed by atoms with Crippen LogP contribution in [0.25, 0.3) is 0 Å². The third-order valence-electron chi connectivity index (χ3n) is 2.41. The largest absolute Gasteiger partial charge is 0.406 e. The number of hydrogen-bond donors (Lipinski definition) is 1. The molecule has 5 heteroatoms. The van der Waals surface area contributed by atoms with Crippen molar-refractivity contribution in [3.8, 4) is 0 Å². The van der Waals surface area contributed by atoms with E-state index in [1.54, 1.807) is 0 Å². The van der Waals surface area contributed by atoms with Crippen molar-refractivity contribution in [1.82, 2.24) is 10.2 Å². The van der Waals surface area contributed by atoms with Crippen LogP contribution in [0.2, 0.25) is 0 Å². The van der Waals surface area contributed by atoms with Crippen LogP contribution in [0.4, 0.5) is 6.01 Å². The molecule has 0 aliphatic heterocycles. The topological polar surface area (TPSA) is 68.2 Å². The Balaban J connectivity index is 2.07. The first-order valence-corrected chi connectivity index (χ1v) is 5.51. The van der Waals surface area contributed by atoms with E-state index >= 15 is 0 Å². The van der Waals surface area contributed by atoms with Crippen LogP contribution in [0.3, 0.4) is 0 Å². The van der Waals surface area contributed by atoms with Crippen LogP contribution in [0.5, 0.6) is 0 Å². The highest BCUT2D eigenvalue weighted by molar-refractivity contribution is 5.27. The average Bonchev–Trinajstić information content (AvgIpc) is 2.79. The lowest BCUT2D eigenvalue weighted by Crippen LogP contribution is -2.16. The first kappa shape index (κ1) is 11.6. The van der Waals surface area contributed by atoms with Gasteiger partial charge in [0.25, 0.3) is 0 Å². The van der Waals surface area contributed by atoms with E-state index < -0.39 is 0 Å².